The second-order valence-corrected chi connectivity index (χ2v) is 17.3. The number of nitriles is 1. The Morgan fingerprint density at radius 1 is 0.420 bits per heavy atom. The SMILES string of the molecule is Cc1cccc(C(F)(F)F)c1-c1cc(-n2c3ccccc3c3ccc(-c4ccc(-c5ccccc5)nc4)cc32)c(C#N)c(-n2c3ccccc3c3ccc(-c4ccc(-c5ccccc5)nc4)cc32)c1. The van der Waals surface area contributed by atoms with E-state index in [9.17, 15) is 5.26 Å². The van der Waals surface area contributed by atoms with Gasteiger partial charge in [0.25, 0.3) is 0 Å². The van der Waals surface area contributed by atoms with E-state index >= 15 is 13.2 Å². The molecule has 69 heavy (non-hydrogen) atoms. The maximum atomic E-state index is 15.2. The Labute approximate surface area is 395 Å². The van der Waals surface area contributed by atoms with Gasteiger partial charge < -0.3 is 9.13 Å². The van der Waals surface area contributed by atoms with Crippen LogP contribution in [0.15, 0.2) is 213 Å². The zero-order valence-electron chi connectivity index (χ0n) is 37.1. The molecule has 0 unspecified atom stereocenters. The highest BCUT2D eigenvalue weighted by atomic mass is 19.4. The van der Waals surface area contributed by atoms with E-state index in [0.29, 0.717) is 28.1 Å². The highest BCUT2D eigenvalue weighted by Crippen LogP contribution is 2.45. The lowest BCUT2D eigenvalue weighted by Crippen LogP contribution is -2.10. The summed E-state index contributed by atoms with van der Waals surface area (Å²) in [5.41, 5.74) is 11.8. The molecule has 0 N–H and O–H groups in total. The number of para-hydroxylation sites is 2. The van der Waals surface area contributed by atoms with Crippen molar-refractivity contribution in [3.8, 4) is 73.3 Å². The first-order chi connectivity index (χ1) is 33.7. The van der Waals surface area contributed by atoms with Crippen LogP contribution in [0.2, 0.25) is 0 Å². The van der Waals surface area contributed by atoms with E-state index < -0.39 is 11.7 Å². The van der Waals surface area contributed by atoms with E-state index in [4.69, 9.17) is 9.97 Å². The number of aryl methyl sites for hydroxylation is 1. The highest BCUT2D eigenvalue weighted by Gasteiger charge is 2.35. The van der Waals surface area contributed by atoms with Crippen LogP contribution in [0.5, 0.6) is 0 Å². The standard InChI is InChI=1S/C61H38F3N5/c1-38-13-12-20-51(61(62,63)64)60(38)45-33-58(68-54-21-10-8-18-46(54)48-27-23-41(31-56(48)68)43-25-29-52(66-36-43)39-14-4-2-5-15-39)50(35-65)59(34-45)69-55-22-11-9-19-47(55)49-28-24-42(32-57(49)69)44-26-30-53(67-37-44)40-16-6-3-7-17-40/h2-34,36-37H,1H3. The maximum Gasteiger partial charge on any atom is 0.417 e. The topological polar surface area (TPSA) is 59.4 Å². The quantitative estimate of drug-likeness (QED) is 0.160. The fraction of sp³-hybridized carbons (Fsp3) is 0.0328. The van der Waals surface area contributed by atoms with Crippen LogP contribution in [0.4, 0.5) is 13.2 Å². The Morgan fingerprint density at radius 3 is 1.32 bits per heavy atom. The third-order valence-corrected chi connectivity index (χ3v) is 13.2. The van der Waals surface area contributed by atoms with E-state index in [-0.39, 0.29) is 5.56 Å². The minimum atomic E-state index is -4.66. The number of hydrogen-bond donors (Lipinski definition) is 0. The molecule has 4 heterocycles. The lowest BCUT2D eigenvalue weighted by atomic mass is 9.92. The number of fused-ring (bicyclic) bond motifs is 6. The first-order valence-corrected chi connectivity index (χ1v) is 22.6. The van der Waals surface area contributed by atoms with Gasteiger partial charge in [-0.2, -0.15) is 18.4 Å². The molecule has 0 aliphatic carbocycles. The molecule has 4 aromatic heterocycles. The van der Waals surface area contributed by atoms with Crippen molar-refractivity contribution in [3.05, 3.63) is 229 Å². The van der Waals surface area contributed by atoms with E-state index in [1.807, 2.05) is 155 Å². The van der Waals surface area contributed by atoms with Crippen LogP contribution < -0.4 is 0 Å². The summed E-state index contributed by atoms with van der Waals surface area (Å²) in [5.74, 6) is 0. The number of aromatic nitrogens is 4. The lowest BCUT2D eigenvalue weighted by molar-refractivity contribution is -0.137. The summed E-state index contributed by atoms with van der Waals surface area (Å²) >= 11 is 0. The van der Waals surface area contributed by atoms with Crippen molar-refractivity contribution in [2.75, 3.05) is 0 Å². The molecular weight excluding hydrogens is 860 g/mol. The van der Waals surface area contributed by atoms with Gasteiger partial charge in [-0.1, -0.05) is 146 Å². The molecule has 0 saturated heterocycles. The van der Waals surface area contributed by atoms with Crippen molar-refractivity contribution in [3.63, 3.8) is 0 Å². The van der Waals surface area contributed by atoms with E-state index in [1.165, 1.54) is 6.07 Å². The number of pyridine rings is 2. The zero-order valence-corrected chi connectivity index (χ0v) is 37.1. The third kappa shape index (κ3) is 7.02. The van der Waals surface area contributed by atoms with Crippen molar-refractivity contribution in [1.29, 1.82) is 5.26 Å². The van der Waals surface area contributed by atoms with Gasteiger partial charge in [-0.25, -0.2) is 0 Å². The molecule has 8 heteroatoms. The molecule has 0 bridgehead atoms. The number of halogens is 3. The Kier molecular flexibility index (Phi) is 9.82. The van der Waals surface area contributed by atoms with Gasteiger partial charge in [0.05, 0.1) is 50.4 Å². The smallest absolute Gasteiger partial charge is 0.308 e. The molecule has 5 nitrogen and oxygen atoms in total. The van der Waals surface area contributed by atoms with Crippen molar-refractivity contribution in [1.82, 2.24) is 19.1 Å². The van der Waals surface area contributed by atoms with Crippen molar-refractivity contribution >= 4 is 43.6 Å². The van der Waals surface area contributed by atoms with E-state index in [2.05, 4.69) is 42.5 Å². The lowest BCUT2D eigenvalue weighted by Gasteiger charge is -2.21. The monoisotopic (exact) mass is 897 g/mol. The summed E-state index contributed by atoms with van der Waals surface area (Å²) in [6.07, 6.45) is -0.943. The zero-order chi connectivity index (χ0) is 46.8. The fourth-order valence-electron chi connectivity index (χ4n) is 10.0. The molecule has 328 valence electrons. The summed E-state index contributed by atoms with van der Waals surface area (Å²) < 4.78 is 49.7. The van der Waals surface area contributed by atoms with Crippen LogP contribution in [-0.4, -0.2) is 19.1 Å². The first-order valence-electron chi connectivity index (χ1n) is 22.6. The molecule has 0 atom stereocenters. The second-order valence-electron chi connectivity index (χ2n) is 17.3. The van der Waals surface area contributed by atoms with Gasteiger partial charge in [0.2, 0.25) is 0 Å². The fourth-order valence-corrected chi connectivity index (χ4v) is 10.0. The predicted molar refractivity (Wildman–Crippen MR) is 272 cm³/mol. The number of nitrogens with zero attached hydrogens (tertiary/aromatic N) is 5. The van der Waals surface area contributed by atoms with Gasteiger partial charge in [0.1, 0.15) is 11.6 Å². The second kappa shape index (κ2) is 16.4. The molecule has 12 aromatic rings. The summed E-state index contributed by atoms with van der Waals surface area (Å²) in [7, 11) is 0. The van der Waals surface area contributed by atoms with Crippen LogP contribution in [0.1, 0.15) is 16.7 Å². The molecule has 0 aliphatic heterocycles. The predicted octanol–water partition coefficient (Wildman–Crippen LogP) is 16.2. The number of rotatable bonds is 7. The van der Waals surface area contributed by atoms with Crippen LogP contribution in [-0.2, 0) is 6.18 Å². The van der Waals surface area contributed by atoms with Gasteiger partial charge >= 0.3 is 6.18 Å². The maximum absolute atomic E-state index is 15.2. The molecular formula is C61H38F3N5. The van der Waals surface area contributed by atoms with Crippen LogP contribution in [0.3, 0.4) is 0 Å². The number of benzene rings is 8. The van der Waals surface area contributed by atoms with Gasteiger partial charge in [0.15, 0.2) is 0 Å². The molecule has 0 amide bonds. The Morgan fingerprint density at radius 2 is 0.870 bits per heavy atom. The van der Waals surface area contributed by atoms with Crippen molar-refractivity contribution < 1.29 is 13.2 Å². The summed E-state index contributed by atoms with van der Waals surface area (Å²) in [6.45, 7) is 1.70. The summed E-state index contributed by atoms with van der Waals surface area (Å²) in [5, 5.41) is 15.4. The van der Waals surface area contributed by atoms with Gasteiger partial charge in [-0.15, -0.1) is 0 Å². The highest BCUT2D eigenvalue weighted by molar-refractivity contribution is 6.12. The summed E-state index contributed by atoms with van der Waals surface area (Å²) in [6, 6.07) is 66.8. The third-order valence-electron chi connectivity index (χ3n) is 13.2. The summed E-state index contributed by atoms with van der Waals surface area (Å²) in [4.78, 5) is 9.64. The number of hydrogen-bond acceptors (Lipinski definition) is 3. The number of alkyl halides is 3. The average molecular weight is 898 g/mol. The first kappa shape index (κ1) is 41.4. The van der Waals surface area contributed by atoms with Crippen molar-refractivity contribution in [2.45, 2.75) is 13.1 Å². The molecule has 0 spiro atoms. The minimum absolute atomic E-state index is 0.0501. The van der Waals surface area contributed by atoms with Gasteiger partial charge in [0, 0.05) is 56.2 Å². The van der Waals surface area contributed by atoms with Crippen LogP contribution >= 0.6 is 0 Å². The molecule has 0 fully saturated rings. The Balaban J connectivity index is 1.14. The van der Waals surface area contributed by atoms with Crippen molar-refractivity contribution in [2.24, 2.45) is 0 Å². The molecule has 12 rings (SSSR count). The van der Waals surface area contributed by atoms with Crippen LogP contribution in [0.25, 0.3) is 111 Å². The Hall–Kier alpha value is -9.06. The van der Waals surface area contributed by atoms with Gasteiger partial charge in [-0.05, 0) is 89.3 Å². The molecule has 8 aromatic carbocycles. The normalized spacial score (nSPS) is 11.8. The molecule has 0 saturated carbocycles. The molecule has 0 radical (unpaired) electrons. The van der Waals surface area contributed by atoms with Crippen LogP contribution in [0, 0.1) is 18.3 Å². The van der Waals surface area contributed by atoms with Gasteiger partial charge in [-0.3, -0.25) is 9.97 Å². The Bertz CT molecular complexity index is 3770. The van der Waals surface area contributed by atoms with E-state index in [0.717, 1.165) is 94.4 Å². The minimum Gasteiger partial charge on any atom is -0.308 e. The average Bonchev–Trinajstić information content (AvgIpc) is 3.90. The van der Waals surface area contributed by atoms with E-state index in [1.54, 1.807) is 25.1 Å². The molecule has 0 aliphatic rings. The largest absolute Gasteiger partial charge is 0.417 e.